The van der Waals surface area contributed by atoms with Crippen LogP contribution in [0.1, 0.15) is 22.8 Å². The summed E-state index contributed by atoms with van der Waals surface area (Å²) >= 11 is 0. The van der Waals surface area contributed by atoms with E-state index >= 15 is 0 Å². The molecule has 110 valence electrons. The fourth-order valence-corrected chi connectivity index (χ4v) is 1.97. The highest BCUT2D eigenvalue weighted by Gasteiger charge is 2.14. The van der Waals surface area contributed by atoms with Gasteiger partial charge in [-0.15, -0.1) is 0 Å². The third-order valence-corrected chi connectivity index (χ3v) is 3.29. The fraction of sp³-hybridized carbons (Fsp3) is 0.235. The van der Waals surface area contributed by atoms with Gasteiger partial charge in [-0.1, -0.05) is 12.1 Å². The maximum atomic E-state index is 12.8. The van der Waals surface area contributed by atoms with Gasteiger partial charge in [-0.3, -0.25) is 4.79 Å². The summed E-state index contributed by atoms with van der Waals surface area (Å²) in [6, 6.07) is 12.9. The normalized spacial score (nSPS) is 12.0. The van der Waals surface area contributed by atoms with Crippen LogP contribution < -0.4 is 10.1 Å². The Morgan fingerprint density at radius 3 is 2.33 bits per heavy atom. The molecular weight excluding hydrogens is 269 g/mol. The topological polar surface area (TPSA) is 38.3 Å². The van der Waals surface area contributed by atoms with Crippen LogP contribution in [0.2, 0.25) is 0 Å². The van der Waals surface area contributed by atoms with E-state index in [1.807, 2.05) is 24.3 Å². The van der Waals surface area contributed by atoms with Gasteiger partial charge in [0.15, 0.2) is 5.78 Å². The summed E-state index contributed by atoms with van der Waals surface area (Å²) in [5, 5.41) is 3.17. The van der Waals surface area contributed by atoms with Crippen LogP contribution in [0.15, 0.2) is 48.5 Å². The van der Waals surface area contributed by atoms with E-state index in [2.05, 4.69) is 5.32 Å². The third kappa shape index (κ3) is 4.13. The number of hydrogen-bond donors (Lipinski definition) is 1. The standard InChI is InChI=1S/C17H18FNO2/c1-12(17(20)14-5-7-15(18)8-6-14)19-11-13-3-9-16(21-2)10-4-13/h3-10,12,19H,11H2,1-2H3. The molecule has 4 heteroatoms. The van der Waals surface area contributed by atoms with E-state index in [-0.39, 0.29) is 17.6 Å². The molecule has 0 radical (unpaired) electrons. The third-order valence-electron chi connectivity index (χ3n) is 3.29. The van der Waals surface area contributed by atoms with Crippen molar-refractivity contribution in [3.63, 3.8) is 0 Å². The molecular formula is C17H18FNO2. The molecule has 0 aliphatic carbocycles. The van der Waals surface area contributed by atoms with E-state index < -0.39 is 0 Å². The smallest absolute Gasteiger partial charge is 0.179 e. The Balaban J connectivity index is 1.92. The van der Waals surface area contributed by atoms with Gasteiger partial charge < -0.3 is 10.1 Å². The largest absolute Gasteiger partial charge is 0.497 e. The van der Waals surface area contributed by atoms with Crippen molar-refractivity contribution < 1.29 is 13.9 Å². The maximum absolute atomic E-state index is 12.8. The minimum absolute atomic E-state index is 0.0523. The molecule has 2 rings (SSSR count). The second-order valence-corrected chi connectivity index (χ2v) is 4.82. The number of nitrogens with one attached hydrogen (secondary N) is 1. The molecule has 0 aliphatic heterocycles. The molecule has 3 nitrogen and oxygen atoms in total. The Morgan fingerprint density at radius 2 is 1.76 bits per heavy atom. The Bertz CT molecular complexity index is 593. The van der Waals surface area contributed by atoms with E-state index in [4.69, 9.17) is 4.74 Å². The van der Waals surface area contributed by atoms with Gasteiger partial charge in [0.05, 0.1) is 13.2 Å². The van der Waals surface area contributed by atoms with Gasteiger partial charge in [0.2, 0.25) is 0 Å². The monoisotopic (exact) mass is 287 g/mol. The van der Waals surface area contributed by atoms with Crippen LogP contribution in [-0.2, 0) is 6.54 Å². The van der Waals surface area contributed by atoms with Gasteiger partial charge in [0, 0.05) is 12.1 Å². The number of benzene rings is 2. The summed E-state index contributed by atoms with van der Waals surface area (Å²) in [5.74, 6) is 0.406. The molecule has 1 unspecified atom stereocenters. The molecule has 0 aliphatic rings. The van der Waals surface area contributed by atoms with Crippen LogP contribution in [0, 0.1) is 5.82 Å². The number of rotatable bonds is 6. The van der Waals surface area contributed by atoms with Crippen molar-refractivity contribution in [2.75, 3.05) is 7.11 Å². The van der Waals surface area contributed by atoms with Gasteiger partial charge in [-0.05, 0) is 48.9 Å². The van der Waals surface area contributed by atoms with E-state index in [0.717, 1.165) is 11.3 Å². The molecule has 0 saturated heterocycles. The highest BCUT2D eigenvalue weighted by Crippen LogP contribution is 2.12. The maximum Gasteiger partial charge on any atom is 0.179 e. The van der Waals surface area contributed by atoms with Crippen LogP contribution in [0.25, 0.3) is 0 Å². The zero-order chi connectivity index (χ0) is 15.2. The Morgan fingerprint density at radius 1 is 1.14 bits per heavy atom. The summed E-state index contributed by atoms with van der Waals surface area (Å²) in [6.07, 6.45) is 0. The minimum atomic E-state index is -0.342. The zero-order valence-corrected chi connectivity index (χ0v) is 12.1. The molecule has 0 aromatic heterocycles. The lowest BCUT2D eigenvalue weighted by Crippen LogP contribution is -2.33. The van der Waals surface area contributed by atoms with Crippen molar-refractivity contribution in [3.8, 4) is 5.75 Å². The molecule has 0 fully saturated rings. The molecule has 2 aromatic rings. The second-order valence-electron chi connectivity index (χ2n) is 4.82. The SMILES string of the molecule is COc1ccc(CNC(C)C(=O)c2ccc(F)cc2)cc1. The Labute approximate surface area is 123 Å². The number of methoxy groups -OCH3 is 1. The molecule has 0 bridgehead atoms. The molecule has 2 aromatic carbocycles. The van der Waals surface area contributed by atoms with Gasteiger partial charge in [-0.25, -0.2) is 4.39 Å². The minimum Gasteiger partial charge on any atom is -0.497 e. The molecule has 0 spiro atoms. The van der Waals surface area contributed by atoms with Crippen LogP contribution in [0.3, 0.4) is 0 Å². The van der Waals surface area contributed by atoms with Crippen LogP contribution in [-0.4, -0.2) is 18.9 Å². The first kappa shape index (κ1) is 15.2. The Hall–Kier alpha value is -2.20. The summed E-state index contributed by atoms with van der Waals surface area (Å²) < 4.78 is 17.9. The predicted molar refractivity (Wildman–Crippen MR) is 80.0 cm³/mol. The van der Waals surface area contributed by atoms with Gasteiger partial charge in [0.25, 0.3) is 0 Å². The molecule has 1 N–H and O–H groups in total. The first-order valence-electron chi connectivity index (χ1n) is 6.76. The zero-order valence-electron chi connectivity index (χ0n) is 12.1. The highest BCUT2D eigenvalue weighted by molar-refractivity contribution is 5.99. The van der Waals surface area contributed by atoms with Crippen molar-refractivity contribution in [3.05, 3.63) is 65.5 Å². The van der Waals surface area contributed by atoms with Gasteiger partial charge in [0.1, 0.15) is 11.6 Å². The Kier molecular flexibility index (Phi) is 5.06. The quantitative estimate of drug-likeness (QED) is 0.829. The van der Waals surface area contributed by atoms with E-state index in [0.29, 0.717) is 12.1 Å². The van der Waals surface area contributed by atoms with Crippen molar-refractivity contribution in [1.82, 2.24) is 5.32 Å². The number of halogens is 1. The lowest BCUT2D eigenvalue weighted by molar-refractivity contribution is 0.0950. The van der Waals surface area contributed by atoms with E-state index in [1.165, 1.54) is 24.3 Å². The summed E-state index contributed by atoms with van der Waals surface area (Å²) in [6.45, 7) is 2.38. The molecule has 21 heavy (non-hydrogen) atoms. The second kappa shape index (κ2) is 6.99. The number of Topliss-reactive ketones (excluding diaryl/α,β-unsaturated/α-hetero) is 1. The highest BCUT2D eigenvalue weighted by atomic mass is 19.1. The first-order valence-corrected chi connectivity index (χ1v) is 6.76. The van der Waals surface area contributed by atoms with Crippen molar-refractivity contribution in [1.29, 1.82) is 0 Å². The number of ketones is 1. The average Bonchev–Trinajstić information content (AvgIpc) is 2.53. The van der Waals surface area contributed by atoms with Crippen molar-refractivity contribution >= 4 is 5.78 Å². The summed E-state index contributed by atoms with van der Waals surface area (Å²) in [7, 11) is 1.62. The van der Waals surface area contributed by atoms with Crippen LogP contribution >= 0.6 is 0 Å². The molecule has 0 amide bonds. The van der Waals surface area contributed by atoms with E-state index in [9.17, 15) is 9.18 Å². The van der Waals surface area contributed by atoms with Crippen molar-refractivity contribution in [2.24, 2.45) is 0 Å². The number of carbonyl (C=O) groups excluding carboxylic acids is 1. The number of carbonyl (C=O) groups is 1. The van der Waals surface area contributed by atoms with Crippen LogP contribution in [0.5, 0.6) is 5.75 Å². The van der Waals surface area contributed by atoms with Crippen molar-refractivity contribution in [2.45, 2.75) is 19.5 Å². The summed E-state index contributed by atoms with van der Waals surface area (Å²) in [4.78, 5) is 12.2. The number of hydrogen-bond acceptors (Lipinski definition) is 3. The van der Waals surface area contributed by atoms with Gasteiger partial charge >= 0.3 is 0 Å². The predicted octanol–water partition coefficient (Wildman–Crippen LogP) is 3.20. The fourth-order valence-electron chi connectivity index (χ4n) is 1.97. The average molecular weight is 287 g/mol. The van der Waals surface area contributed by atoms with E-state index in [1.54, 1.807) is 14.0 Å². The van der Waals surface area contributed by atoms with Crippen LogP contribution in [0.4, 0.5) is 4.39 Å². The lowest BCUT2D eigenvalue weighted by atomic mass is 10.1. The first-order chi connectivity index (χ1) is 10.1. The molecule has 0 saturated carbocycles. The van der Waals surface area contributed by atoms with Gasteiger partial charge in [-0.2, -0.15) is 0 Å². The number of ether oxygens (including phenoxy) is 1. The summed E-state index contributed by atoms with van der Waals surface area (Å²) in [5.41, 5.74) is 1.57. The molecule has 1 atom stereocenters. The molecule has 0 heterocycles. The lowest BCUT2D eigenvalue weighted by Gasteiger charge is -2.13.